The zero-order valence-electron chi connectivity index (χ0n) is 20.1. The molecule has 1 atom stereocenters. The molecule has 0 aromatic carbocycles. The second-order valence-corrected chi connectivity index (χ2v) is 9.90. The second-order valence-electron chi connectivity index (χ2n) is 9.29. The third-order valence-corrected chi connectivity index (χ3v) is 7.00. The molecule has 2 aromatic rings. The largest absolute Gasteiger partial charge is 0.350 e. The lowest BCUT2D eigenvalue weighted by atomic mass is 9.50. The van der Waals surface area contributed by atoms with Crippen molar-refractivity contribution in [1.82, 2.24) is 30.1 Å². The summed E-state index contributed by atoms with van der Waals surface area (Å²) >= 11 is 0.947. The summed E-state index contributed by atoms with van der Waals surface area (Å²) in [4.78, 5) is 74.8. The van der Waals surface area contributed by atoms with Gasteiger partial charge in [-0.1, -0.05) is 4.49 Å². The van der Waals surface area contributed by atoms with E-state index in [9.17, 15) is 28.8 Å². The van der Waals surface area contributed by atoms with Crippen LogP contribution in [0.15, 0.2) is 28.5 Å². The van der Waals surface area contributed by atoms with Crippen LogP contribution in [-0.4, -0.2) is 61.7 Å². The van der Waals surface area contributed by atoms with Gasteiger partial charge in [-0.15, -0.1) is 5.10 Å². The minimum Gasteiger partial charge on any atom is -0.350 e. The number of Topliss-reactive ketones (excluding diaryl/α,β-unsaturated/α-hetero) is 1. The highest BCUT2D eigenvalue weighted by atomic mass is 32.1. The first-order valence-corrected chi connectivity index (χ1v) is 12.7. The number of amides is 4. The van der Waals surface area contributed by atoms with E-state index in [1.165, 1.54) is 28.3 Å². The Hall–Kier alpha value is -3.94. The number of hydrogen-bond acceptors (Lipinski definition) is 9. The van der Waals surface area contributed by atoms with Gasteiger partial charge in [-0.05, 0) is 62.2 Å². The lowest BCUT2D eigenvalue weighted by Gasteiger charge is -2.61. The highest BCUT2D eigenvalue weighted by Gasteiger charge is 2.57. The molecule has 14 heteroatoms. The highest BCUT2D eigenvalue weighted by molar-refractivity contribution is 7.03. The third-order valence-electron chi connectivity index (χ3n) is 6.50. The van der Waals surface area contributed by atoms with Crippen molar-refractivity contribution >= 4 is 46.6 Å². The molecule has 2 bridgehead atoms. The van der Waals surface area contributed by atoms with Gasteiger partial charge in [-0.25, -0.2) is 0 Å². The summed E-state index contributed by atoms with van der Waals surface area (Å²) in [6, 6.07) is 1.63. The predicted molar refractivity (Wildman–Crippen MR) is 132 cm³/mol. The molecule has 13 nitrogen and oxygen atoms in total. The highest BCUT2D eigenvalue weighted by Crippen LogP contribution is 2.56. The van der Waals surface area contributed by atoms with Crippen molar-refractivity contribution in [2.75, 3.05) is 11.9 Å². The molecule has 2 heterocycles. The van der Waals surface area contributed by atoms with Gasteiger partial charge in [0.15, 0.2) is 5.69 Å². The molecule has 3 saturated carbocycles. The lowest BCUT2D eigenvalue weighted by molar-refractivity contribution is -0.138. The monoisotopic (exact) mass is 529 g/mol. The summed E-state index contributed by atoms with van der Waals surface area (Å²) in [5.41, 5.74) is -0.846. The van der Waals surface area contributed by atoms with Crippen LogP contribution in [0.4, 0.5) is 5.69 Å². The minimum atomic E-state index is -1.26. The smallest absolute Gasteiger partial charge is 0.287 e. The number of hydrogen-bond donors (Lipinski definition) is 4. The van der Waals surface area contributed by atoms with Gasteiger partial charge in [0.2, 0.25) is 17.6 Å². The van der Waals surface area contributed by atoms with Gasteiger partial charge in [0.1, 0.15) is 18.3 Å². The van der Waals surface area contributed by atoms with Crippen LogP contribution < -0.4 is 26.8 Å². The molecule has 5 rings (SSSR count). The van der Waals surface area contributed by atoms with E-state index in [4.69, 9.17) is 0 Å². The quantitative estimate of drug-likeness (QED) is 0.268. The van der Waals surface area contributed by atoms with E-state index in [1.807, 2.05) is 0 Å². The van der Waals surface area contributed by atoms with Gasteiger partial charge in [-0.2, -0.15) is 0 Å². The zero-order chi connectivity index (χ0) is 26.6. The Balaban J connectivity index is 1.42. The predicted octanol–water partition coefficient (Wildman–Crippen LogP) is -0.409. The van der Waals surface area contributed by atoms with Gasteiger partial charge < -0.3 is 25.8 Å². The first-order chi connectivity index (χ1) is 17.7. The van der Waals surface area contributed by atoms with Gasteiger partial charge >= 0.3 is 0 Å². The fourth-order valence-electron chi connectivity index (χ4n) is 4.51. The van der Waals surface area contributed by atoms with E-state index in [2.05, 4.69) is 30.9 Å². The number of rotatable bonds is 12. The normalized spacial score (nSPS) is 20.0. The molecule has 0 unspecified atom stereocenters. The van der Waals surface area contributed by atoms with Gasteiger partial charge in [0, 0.05) is 30.1 Å². The summed E-state index contributed by atoms with van der Waals surface area (Å²) in [5, 5.41) is 15.3. The topological polar surface area (TPSA) is 181 Å². The number of carbonyl (C=O) groups is 5. The molecule has 2 aromatic heterocycles. The van der Waals surface area contributed by atoms with Crippen LogP contribution in [0.5, 0.6) is 0 Å². The molecule has 4 amide bonds. The van der Waals surface area contributed by atoms with E-state index in [-0.39, 0.29) is 48.8 Å². The molecule has 0 saturated heterocycles. The number of nitrogens with zero attached hydrogens (tertiary/aromatic N) is 3. The van der Waals surface area contributed by atoms with Crippen LogP contribution in [0.25, 0.3) is 0 Å². The fraction of sp³-hybridized carbons (Fsp3) is 0.478. The Morgan fingerprint density at radius 1 is 1.22 bits per heavy atom. The van der Waals surface area contributed by atoms with Gasteiger partial charge in [0.05, 0.1) is 0 Å². The first-order valence-electron chi connectivity index (χ1n) is 11.9. The molecule has 196 valence electrons. The third kappa shape index (κ3) is 6.07. The molecular formula is C23H27N7O6S. The van der Waals surface area contributed by atoms with Crippen molar-refractivity contribution in [1.29, 1.82) is 0 Å². The summed E-state index contributed by atoms with van der Waals surface area (Å²) < 4.78 is 4.79. The van der Waals surface area contributed by atoms with Gasteiger partial charge in [-0.3, -0.25) is 28.8 Å². The maximum atomic E-state index is 13.1. The van der Waals surface area contributed by atoms with Crippen molar-refractivity contribution in [2.24, 2.45) is 5.92 Å². The lowest BCUT2D eigenvalue weighted by Crippen LogP contribution is -2.68. The number of anilines is 1. The average Bonchev–Trinajstić information content (AvgIpc) is 3.36. The Morgan fingerprint density at radius 3 is 2.59 bits per heavy atom. The first kappa shape index (κ1) is 26.1. The maximum Gasteiger partial charge on any atom is 0.287 e. The van der Waals surface area contributed by atoms with E-state index in [1.54, 1.807) is 6.92 Å². The maximum absolute atomic E-state index is 13.1. The zero-order valence-corrected chi connectivity index (χ0v) is 20.9. The van der Waals surface area contributed by atoms with Crippen LogP contribution in [-0.2, 0) is 25.7 Å². The minimum absolute atomic E-state index is 0.0188. The molecule has 4 N–H and O–H groups in total. The Bertz CT molecular complexity index is 1260. The van der Waals surface area contributed by atoms with E-state index >= 15 is 0 Å². The van der Waals surface area contributed by atoms with Crippen molar-refractivity contribution < 1.29 is 24.0 Å². The molecule has 0 spiro atoms. The molecule has 37 heavy (non-hydrogen) atoms. The van der Waals surface area contributed by atoms with Crippen LogP contribution in [0.2, 0.25) is 0 Å². The van der Waals surface area contributed by atoms with Gasteiger partial charge in [0.25, 0.3) is 17.4 Å². The molecule has 3 aliphatic carbocycles. The standard InChI is InChI=1S/C23H27N7O6S/c1-2-24-21(35)17(31)6-5-14(25-20(34)16-12-37-29-28-16)19(33)26-15-4-3-7-30(22(15)36)11-18(32)27-23-8-13(9-23)10-23/h3-4,7,12-14H,2,5-6,8-11H2,1H3,(H,24,35)(H,25,34)(H,26,33)(H,27,32)/t13?,14-,23?/m0/s1. The summed E-state index contributed by atoms with van der Waals surface area (Å²) in [6.45, 7) is 1.73. The molecule has 0 radical (unpaired) electrons. The Labute approximate surface area is 215 Å². The molecule has 0 aliphatic heterocycles. The van der Waals surface area contributed by atoms with Crippen LogP contribution in [0, 0.1) is 5.92 Å². The number of carbonyl (C=O) groups excluding carboxylic acids is 5. The van der Waals surface area contributed by atoms with Crippen LogP contribution in [0.1, 0.15) is 49.5 Å². The van der Waals surface area contributed by atoms with E-state index in [0.29, 0.717) is 5.92 Å². The van der Waals surface area contributed by atoms with E-state index < -0.39 is 35.1 Å². The van der Waals surface area contributed by atoms with Crippen molar-refractivity contribution in [3.8, 4) is 0 Å². The van der Waals surface area contributed by atoms with Crippen molar-refractivity contribution in [2.45, 2.75) is 57.2 Å². The number of nitrogens with one attached hydrogen (secondary N) is 4. The SMILES string of the molecule is CCNC(=O)C(=O)CC[C@H](NC(=O)c1csnn1)C(=O)Nc1cccn(CC(=O)NC23CC(C2)C3)c1=O. The summed E-state index contributed by atoms with van der Waals surface area (Å²) in [5.74, 6) is -2.60. The number of aromatic nitrogens is 3. The summed E-state index contributed by atoms with van der Waals surface area (Å²) in [7, 11) is 0. The fourth-order valence-corrected chi connectivity index (χ4v) is 4.95. The molecule has 3 aliphatic rings. The van der Waals surface area contributed by atoms with Crippen molar-refractivity contribution in [3.63, 3.8) is 0 Å². The number of pyridine rings is 1. The average molecular weight is 530 g/mol. The molecular weight excluding hydrogens is 502 g/mol. The second kappa shape index (κ2) is 11.0. The van der Waals surface area contributed by atoms with Crippen molar-refractivity contribution in [3.05, 3.63) is 39.8 Å². The van der Waals surface area contributed by atoms with E-state index in [0.717, 1.165) is 30.8 Å². The Morgan fingerprint density at radius 2 is 1.97 bits per heavy atom. The molecule has 3 fully saturated rings. The number of likely N-dealkylation sites (N-methyl/N-ethyl adjacent to an activating group) is 1. The Kier molecular flexibility index (Phi) is 7.76. The summed E-state index contributed by atoms with van der Waals surface area (Å²) in [6.07, 6.45) is 3.83. The van der Waals surface area contributed by atoms with Crippen LogP contribution in [0.3, 0.4) is 0 Å². The number of ketones is 1. The van der Waals surface area contributed by atoms with Crippen LogP contribution >= 0.6 is 11.5 Å².